The fourth-order valence-electron chi connectivity index (χ4n) is 2.54. The van der Waals surface area contributed by atoms with Crippen LogP contribution in [0.25, 0.3) is 0 Å². The van der Waals surface area contributed by atoms with Gasteiger partial charge in [0.2, 0.25) is 5.43 Å². The molecule has 7 nitrogen and oxygen atoms in total. The van der Waals surface area contributed by atoms with Gasteiger partial charge in [-0.05, 0) is 27.7 Å². The molecule has 0 spiro atoms. The minimum atomic E-state index is -0.692. The molecule has 0 saturated heterocycles. The number of nitrogens with zero attached hydrogens (tertiary/aromatic N) is 1. The quantitative estimate of drug-likeness (QED) is 0.895. The first-order valence-electron chi connectivity index (χ1n) is 6.79. The topological polar surface area (TPSA) is 97.2 Å². The van der Waals surface area contributed by atoms with Crippen molar-refractivity contribution in [1.29, 1.82) is 0 Å². The number of aromatic amines is 1. The molecule has 0 radical (unpaired) electrons. The zero-order chi connectivity index (χ0) is 16.5. The lowest BCUT2D eigenvalue weighted by molar-refractivity contribution is 0.0906. The van der Waals surface area contributed by atoms with Crippen molar-refractivity contribution < 1.29 is 14.1 Å². The van der Waals surface area contributed by atoms with E-state index in [4.69, 9.17) is 9.26 Å². The molecule has 0 fully saturated rings. The smallest absolute Gasteiger partial charge is 0.268 e. The summed E-state index contributed by atoms with van der Waals surface area (Å²) in [5.74, 6) is 0.400. The van der Waals surface area contributed by atoms with Crippen molar-refractivity contribution in [2.24, 2.45) is 0 Å². The van der Waals surface area contributed by atoms with Crippen LogP contribution in [0, 0.1) is 13.8 Å². The molecular weight excluding hydrogens is 286 g/mol. The van der Waals surface area contributed by atoms with E-state index in [9.17, 15) is 9.59 Å². The highest BCUT2D eigenvalue weighted by Crippen LogP contribution is 2.26. The van der Waals surface area contributed by atoms with E-state index in [2.05, 4.69) is 15.5 Å². The minimum absolute atomic E-state index is 0.154. The van der Waals surface area contributed by atoms with Crippen LogP contribution in [-0.2, 0) is 5.54 Å². The van der Waals surface area contributed by atoms with Gasteiger partial charge in [0.05, 0.1) is 18.3 Å². The molecule has 2 rings (SSSR count). The van der Waals surface area contributed by atoms with Gasteiger partial charge in [-0.1, -0.05) is 5.16 Å². The minimum Gasteiger partial charge on any atom is -0.491 e. The largest absolute Gasteiger partial charge is 0.491 e. The van der Waals surface area contributed by atoms with E-state index in [1.165, 1.54) is 19.4 Å². The molecule has 22 heavy (non-hydrogen) atoms. The van der Waals surface area contributed by atoms with Crippen molar-refractivity contribution >= 4 is 5.91 Å². The molecule has 0 aromatic carbocycles. The van der Waals surface area contributed by atoms with Crippen LogP contribution in [-0.4, -0.2) is 23.2 Å². The fraction of sp³-hybridized carbons (Fsp3) is 0.400. The third-order valence-electron chi connectivity index (χ3n) is 3.43. The summed E-state index contributed by atoms with van der Waals surface area (Å²) in [5.41, 5.74) is 0.636. The van der Waals surface area contributed by atoms with E-state index in [1.807, 2.05) is 20.8 Å². The van der Waals surface area contributed by atoms with Gasteiger partial charge in [0.15, 0.2) is 5.75 Å². The summed E-state index contributed by atoms with van der Waals surface area (Å²) in [7, 11) is 1.39. The summed E-state index contributed by atoms with van der Waals surface area (Å²) in [6.45, 7) is 7.30. The summed E-state index contributed by atoms with van der Waals surface area (Å²) < 4.78 is 10.0. The number of rotatable bonds is 4. The molecule has 2 N–H and O–H groups in total. The van der Waals surface area contributed by atoms with Crippen molar-refractivity contribution in [1.82, 2.24) is 15.5 Å². The second-order valence-corrected chi connectivity index (χ2v) is 5.56. The molecule has 0 bridgehead atoms. The Bertz CT molecular complexity index is 739. The standard InChI is InChI=1S/C15H19N3O4/c1-8-13(9(2)22-18-8)15(3,4)17-14(20)10-6-11(19)12(21-5)7-16-10/h6-7H,1-5H3,(H,16,19)(H,17,20). The van der Waals surface area contributed by atoms with Crippen molar-refractivity contribution in [2.75, 3.05) is 7.11 Å². The molecule has 0 aliphatic carbocycles. The van der Waals surface area contributed by atoms with Crippen LogP contribution in [0.1, 0.15) is 41.4 Å². The average molecular weight is 305 g/mol. The Morgan fingerprint density at radius 2 is 2.09 bits per heavy atom. The second kappa shape index (κ2) is 5.67. The van der Waals surface area contributed by atoms with Crippen LogP contribution in [0.2, 0.25) is 0 Å². The highest BCUT2D eigenvalue weighted by Gasteiger charge is 2.30. The number of H-pyrrole nitrogens is 1. The molecule has 0 unspecified atom stereocenters. The van der Waals surface area contributed by atoms with Gasteiger partial charge in [0.25, 0.3) is 5.91 Å². The highest BCUT2D eigenvalue weighted by molar-refractivity contribution is 5.92. The van der Waals surface area contributed by atoms with Gasteiger partial charge < -0.3 is 19.6 Å². The van der Waals surface area contributed by atoms with Gasteiger partial charge in [-0.15, -0.1) is 0 Å². The lowest BCUT2D eigenvalue weighted by Gasteiger charge is -2.26. The summed E-state index contributed by atoms with van der Waals surface area (Å²) >= 11 is 0. The number of aryl methyl sites for hydroxylation is 2. The number of hydrogen-bond acceptors (Lipinski definition) is 5. The predicted octanol–water partition coefficient (Wildman–Crippen LogP) is 1.65. The molecular formula is C15H19N3O4. The van der Waals surface area contributed by atoms with Gasteiger partial charge in [-0.2, -0.15) is 0 Å². The van der Waals surface area contributed by atoms with Gasteiger partial charge in [-0.25, -0.2) is 0 Å². The number of ether oxygens (including phenoxy) is 1. The molecule has 0 atom stereocenters. The maximum Gasteiger partial charge on any atom is 0.268 e. The van der Waals surface area contributed by atoms with Crippen molar-refractivity contribution in [3.63, 3.8) is 0 Å². The lowest BCUT2D eigenvalue weighted by Crippen LogP contribution is -2.42. The van der Waals surface area contributed by atoms with Crippen molar-refractivity contribution in [3.8, 4) is 5.75 Å². The Kier molecular flexibility index (Phi) is 4.07. The van der Waals surface area contributed by atoms with Gasteiger partial charge >= 0.3 is 0 Å². The van der Waals surface area contributed by atoms with E-state index in [-0.39, 0.29) is 16.9 Å². The number of carbonyl (C=O) groups is 1. The Hall–Kier alpha value is -2.57. The Morgan fingerprint density at radius 1 is 1.41 bits per heavy atom. The average Bonchev–Trinajstić information content (AvgIpc) is 2.78. The van der Waals surface area contributed by atoms with Crippen molar-refractivity contribution in [3.05, 3.63) is 45.2 Å². The SMILES string of the molecule is COc1c[nH]c(C(=O)NC(C)(C)c2c(C)noc2C)cc1=O. The molecule has 2 aromatic heterocycles. The van der Waals surface area contributed by atoms with Crippen LogP contribution < -0.4 is 15.5 Å². The van der Waals surface area contributed by atoms with Crippen LogP contribution in [0.4, 0.5) is 0 Å². The first kappa shape index (κ1) is 15.8. The maximum absolute atomic E-state index is 12.4. The number of hydrogen-bond donors (Lipinski definition) is 2. The van der Waals surface area contributed by atoms with Gasteiger partial charge in [-0.3, -0.25) is 9.59 Å². The summed E-state index contributed by atoms with van der Waals surface area (Å²) in [5, 5.41) is 6.77. The molecule has 2 aromatic rings. The van der Waals surface area contributed by atoms with E-state index in [1.54, 1.807) is 6.92 Å². The zero-order valence-electron chi connectivity index (χ0n) is 13.2. The predicted molar refractivity (Wildman–Crippen MR) is 80.1 cm³/mol. The number of pyridine rings is 1. The number of carbonyl (C=O) groups excluding carboxylic acids is 1. The van der Waals surface area contributed by atoms with Gasteiger partial charge in [0, 0.05) is 17.8 Å². The normalized spacial score (nSPS) is 11.3. The monoisotopic (exact) mass is 305 g/mol. The molecule has 0 aliphatic heterocycles. The summed E-state index contributed by atoms with van der Waals surface area (Å²) in [4.78, 5) is 26.8. The third kappa shape index (κ3) is 2.88. The lowest BCUT2D eigenvalue weighted by atomic mass is 9.92. The molecule has 7 heteroatoms. The highest BCUT2D eigenvalue weighted by atomic mass is 16.5. The van der Waals surface area contributed by atoms with Gasteiger partial charge in [0.1, 0.15) is 11.5 Å². The van der Waals surface area contributed by atoms with E-state index in [0.29, 0.717) is 11.5 Å². The van der Waals surface area contributed by atoms with E-state index in [0.717, 1.165) is 5.56 Å². The first-order chi connectivity index (χ1) is 10.3. The zero-order valence-corrected chi connectivity index (χ0v) is 13.2. The van der Waals surface area contributed by atoms with E-state index >= 15 is 0 Å². The van der Waals surface area contributed by atoms with Crippen LogP contribution >= 0.6 is 0 Å². The molecule has 1 amide bonds. The summed E-state index contributed by atoms with van der Waals surface area (Å²) in [6.07, 6.45) is 1.36. The van der Waals surface area contributed by atoms with Crippen LogP contribution in [0.3, 0.4) is 0 Å². The molecule has 118 valence electrons. The number of methoxy groups -OCH3 is 1. The Morgan fingerprint density at radius 3 is 2.59 bits per heavy atom. The Balaban J connectivity index is 2.28. The summed E-state index contributed by atoms with van der Waals surface area (Å²) in [6, 6.07) is 1.21. The number of amides is 1. The molecule has 0 saturated carbocycles. The van der Waals surface area contributed by atoms with Crippen LogP contribution in [0.15, 0.2) is 21.6 Å². The number of aromatic nitrogens is 2. The number of nitrogens with one attached hydrogen (secondary N) is 2. The van der Waals surface area contributed by atoms with Crippen molar-refractivity contribution in [2.45, 2.75) is 33.2 Å². The van der Waals surface area contributed by atoms with Crippen LogP contribution in [0.5, 0.6) is 5.75 Å². The maximum atomic E-state index is 12.4. The Labute approximate surface area is 127 Å². The van der Waals surface area contributed by atoms with E-state index < -0.39 is 11.4 Å². The third-order valence-corrected chi connectivity index (χ3v) is 3.43. The second-order valence-electron chi connectivity index (χ2n) is 5.56. The fourth-order valence-corrected chi connectivity index (χ4v) is 2.54. The molecule has 2 heterocycles. The first-order valence-corrected chi connectivity index (χ1v) is 6.79. The molecule has 0 aliphatic rings.